The fourth-order valence-electron chi connectivity index (χ4n) is 1.82. The molecule has 1 heterocycles. The Kier molecular flexibility index (Phi) is 4.70. The van der Waals surface area contributed by atoms with Gasteiger partial charge >= 0.3 is 0 Å². The largest absolute Gasteiger partial charge is 0.316 e. The average molecular weight is 291 g/mol. The van der Waals surface area contributed by atoms with E-state index in [-0.39, 0.29) is 5.75 Å². The van der Waals surface area contributed by atoms with E-state index in [4.69, 9.17) is 0 Å². The number of benzene rings is 1. The van der Waals surface area contributed by atoms with Crippen LogP contribution in [0.25, 0.3) is 0 Å². The summed E-state index contributed by atoms with van der Waals surface area (Å²) >= 11 is 0. The lowest BCUT2D eigenvalue weighted by molar-refractivity contribution is 0.600. The summed E-state index contributed by atoms with van der Waals surface area (Å²) < 4.78 is 26.6. The zero-order chi connectivity index (χ0) is 14.4. The van der Waals surface area contributed by atoms with Gasteiger partial charge in [0, 0.05) is 12.7 Å². The molecule has 2 N–H and O–H groups in total. The summed E-state index contributed by atoms with van der Waals surface area (Å²) in [5.74, 6) is -0.0538. The van der Waals surface area contributed by atoms with Crippen molar-refractivity contribution in [3.63, 3.8) is 0 Å². The van der Waals surface area contributed by atoms with E-state index >= 15 is 0 Å². The SMILES string of the molecule is CNCc1ccc(CS(=O)(=O)Nc2cccnc2)cc1. The fraction of sp³-hybridized carbons (Fsp3) is 0.214. The Balaban J connectivity index is 2.04. The van der Waals surface area contributed by atoms with E-state index in [0.29, 0.717) is 5.69 Å². The number of hydrogen-bond acceptors (Lipinski definition) is 4. The minimum Gasteiger partial charge on any atom is -0.316 e. The van der Waals surface area contributed by atoms with Crippen molar-refractivity contribution in [1.29, 1.82) is 0 Å². The summed E-state index contributed by atoms with van der Waals surface area (Å²) in [4.78, 5) is 3.87. The monoisotopic (exact) mass is 291 g/mol. The van der Waals surface area contributed by atoms with Crippen LogP contribution in [0.1, 0.15) is 11.1 Å². The Morgan fingerprint density at radius 2 is 1.80 bits per heavy atom. The van der Waals surface area contributed by atoms with E-state index in [2.05, 4.69) is 15.0 Å². The first-order chi connectivity index (χ1) is 9.59. The van der Waals surface area contributed by atoms with Crippen LogP contribution in [0.15, 0.2) is 48.8 Å². The maximum Gasteiger partial charge on any atom is 0.236 e. The Bertz CT molecular complexity index is 640. The van der Waals surface area contributed by atoms with Crippen LogP contribution in [0, 0.1) is 0 Å². The summed E-state index contributed by atoms with van der Waals surface area (Å²) in [7, 11) is -1.55. The predicted molar refractivity (Wildman–Crippen MR) is 79.7 cm³/mol. The lowest BCUT2D eigenvalue weighted by Gasteiger charge is -2.08. The molecule has 2 aromatic rings. The second-order valence-corrected chi connectivity index (χ2v) is 6.17. The number of hydrogen-bond donors (Lipinski definition) is 2. The average Bonchev–Trinajstić information content (AvgIpc) is 2.41. The van der Waals surface area contributed by atoms with Crippen molar-refractivity contribution in [3.8, 4) is 0 Å². The van der Waals surface area contributed by atoms with Crippen LogP contribution in [-0.2, 0) is 22.3 Å². The van der Waals surface area contributed by atoms with Gasteiger partial charge in [-0.25, -0.2) is 8.42 Å². The van der Waals surface area contributed by atoms with E-state index < -0.39 is 10.0 Å². The van der Waals surface area contributed by atoms with Crippen LogP contribution >= 0.6 is 0 Å². The molecule has 0 saturated carbocycles. The highest BCUT2D eigenvalue weighted by molar-refractivity contribution is 7.91. The molecule has 20 heavy (non-hydrogen) atoms. The van der Waals surface area contributed by atoms with Crippen LogP contribution in [0.3, 0.4) is 0 Å². The van der Waals surface area contributed by atoms with Crippen molar-refractivity contribution >= 4 is 15.7 Å². The number of nitrogens with zero attached hydrogens (tertiary/aromatic N) is 1. The third kappa shape index (κ3) is 4.32. The Hall–Kier alpha value is -1.92. The Morgan fingerprint density at radius 1 is 1.10 bits per heavy atom. The predicted octanol–water partition coefficient (Wildman–Crippen LogP) is 1.74. The van der Waals surface area contributed by atoms with E-state index in [0.717, 1.165) is 17.7 Å². The maximum atomic E-state index is 12.0. The molecule has 0 bridgehead atoms. The summed E-state index contributed by atoms with van der Waals surface area (Å²) in [6, 6.07) is 10.9. The molecule has 0 fully saturated rings. The number of nitrogens with one attached hydrogen (secondary N) is 2. The van der Waals surface area contributed by atoms with Gasteiger partial charge in [0.25, 0.3) is 0 Å². The molecule has 1 aromatic carbocycles. The number of aromatic nitrogens is 1. The van der Waals surface area contributed by atoms with Crippen molar-refractivity contribution < 1.29 is 8.42 Å². The molecule has 6 heteroatoms. The smallest absolute Gasteiger partial charge is 0.236 e. The molecule has 5 nitrogen and oxygen atoms in total. The van der Waals surface area contributed by atoms with E-state index in [1.54, 1.807) is 18.3 Å². The van der Waals surface area contributed by atoms with Crippen LogP contribution in [0.2, 0.25) is 0 Å². The Morgan fingerprint density at radius 3 is 2.40 bits per heavy atom. The maximum absolute atomic E-state index is 12.0. The van der Waals surface area contributed by atoms with E-state index in [1.807, 2.05) is 31.3 Å². The van der Waals surface area contributed by atoms with Crippen molar-refractivity contribution in [1.82, 2.24) is 10.3 Å². The molecule has 0 unspecified atom stereocenters. The van der Waals surface area contributed by atoms with Crippen LogP contribution in [0.5, 0.6) is 0 Å². The van der Waals surface area contributed by atoms with Gasteiger partial charge in [0.2, 0.25) is 10.0 Å². The molecular formula is C14H17N3O2S. The highest BCUT2D eigenvalue weighted by atomic mass is 32.2. The first kappa shape index (κ1) is 14.5. The molecule has 106 valence electrons. The second kappa shape index (κ2) is 6.49. The number of rotatable bonds is 6. The fourth-order valence-corrected chi connectivity index (χ4v) is 3.00. The highest BCUT2D eigenvalue weighted by Crippen LogP contribution is 2.12. The lowest BCUT2D eigenvalue weighted by Crippen LogP contribution is -2.15. The topological polar surface area (TPSA) is 71.1 Å². The molecule has 0 radical (unpaired) electrons. The van der Waals surface area contributed by atoms with Gasteiger partial charge in [0.05, 0.1) is 17.6 Å². The third-order valence-electron chi connectivity index (χ3n) is 2.70. The van der Waals surface area contributed by atoms with Gasteiger partial charge in [0.1, 0.15) is 0 Å². The van der Waals surface area contributed by atoms with Gasteiger partial charge in [-0.3, -0.25) is 9.71 Å². The van der Waals surface area contributed by atoms with Crippen molar-refractivity contribution in [3.05, 3.63) is 59.9 Å². The standard InChI is InChI=1S/C14H17N3O2S/c1-15-9-12-4-6-13(7-5-12)11-20(18,19)17-14-3-2-8-16-10-14/h2-8,10,15,17H,9,11H2,1H3. The van der Waals surface area contributed by atoms with Gasteiger partial charge in [-0.15, -0.1) is 0 Å². The second-order valence-electron chi connectivity index (χ2n) is 4.45. The van der Waals surface area contributed by atoms with Crippen molar-refractivity contribution in [2.24, 2.45) is 0 Å². The molecule has 0 aliphatic carbocycles. The molecule has 1 aromatic heterocycles. The lowest BCUT2D eigenvalue weighted by atomic mass is 10.1. The quantitative estimate of drug-likeness (QED) is 0.850. The summed E-state index contributed by atoms with van der Waals surface area (Å²) in [5, 5.41) is 3.05. The third-order valence-corrected chi connectivity index (χ3v) is 3.96. The van der Waals surface area contributed by atoms with Crippen LogP contribution in [-0.4, -0.2) is 20.4 Å². The molecule has 2 rings (SSSR count). The minimum atomic E-state index is -3.42. The zero-order valence-electron chi connectivity index (χ0n) is 11.2. The van der Waals surface area contributed by atoms with Gasteiger partial charge < -0.3 is 5.32 Å². The molecular weight excluding hydrogens is 274 g/mol. The van der Waals surface area contributed by atoms with E-state index in [1.165, 1.54) is 6.20 Å². The molecule has 0 aliphatic heterocycles. The number of anilines is 1. The van der Waals surface area contributed by atoms with Crippen LogP contribution in [0.4, 0.5) is 5.69 Å². The van der Waals surface area contributed by atoms with Gasteiger partial charge in [-0.1, -0.05) is 24.3 Å². The zero-order valence-corrected chi connectivity index (χ0v) is 12.0. The normalized spacial score (nSPS) is 11.2. The number of sulfonamides is 1. The molecule has 0 atom stereocenters. The summed E-state index contributed by atoms with van der Waals surface area (Å²) in [6.45, 7) is 0.765. The van der Waals surface area contributed by atoms with E-state index in [9.17, 15) is 8.42 Å². The Labute approximate surface area is 119 Å². The van der Waals surface area contributed by atoms with Gasteiger partial charge in [-0.05, 0) is 30.3 Å². The summed E-state index contributed by atoms with van der Waals surface area (Å²) in [5.41, 5.74) is 2.34. The van der Waals surface area contributed by atoms with Gasteiger partial charge in [-0.2, -0.15) is 0 Å². The first-order valence-corrected chi connectivity index (χ1v) is 7.87. The van der Waals surface area contributed by atoms with Gasteiger partial charge in [0.15, 0.2) is 0 Å². The summed E-state index contributed by atoms with van der Waals surface area (Å²) in [6.07, 6.45) is 3.08. The number of pyridine rings is 1. The molecule has 0 aliphatic rings. The molecule has 0 spiro atoms. The molecule has 0 amide bonds. The highest BCUT2D eigenvalue weighted by Gasteiger charge is 2.11. The minimum absolute atomic E-state index is 0.0538. The van der Waals surface area contributed by atoms with Crippen LogP contribution < -0.4 is 10.0 Å². The first-order valence-electron chi connectivity index (χ1n) is 6.22. The molecule has 0 saturated heterocycles. The van der Waals surface area contributed by atoms with Crippen molar-refractivity contribution in [2.45, 2.75) is 12.3 Å². The van der Waals surface area contributed by atoms with Crippen molar-refractivity contribution in [2.75, 3.05) is 11.8 Å².